The number of methoxy groups -OCH3 is 3. The van der Waals surface area contributed by atoms with Crippen LogP contribution in [0.1, 0.15) is 25.7 Å². The number of amides is 1. The molecule has 1 saturated carbocycles. The van der Waals surface area contributed by atoms with Crippen LogP contribution in [0, 0.1) is 22.0 Å². The van der Waals surface area contributed by atoms with E-state index in [-0.39, 0.29) is 40.9 Å². The van der Waals surface area contributed by atoms with E-state index >= 15 is 0 Å². The lowest BCUT2D eigenvalue weighted by molar-refractivity contribution is -0.385. The fourth-order valence-corrected chi connectivity index (χ4v) is 3.11. The molecule has 142 valence electrons. The summed E-state index contributed by atoms with van der Waals surface area (Å²) in [6.45, 7) is 0. The summed E-state index contributed by atoms with van der Waals surface area (Å²) in [5.41, 5.74) is 0.0518. The second-order valence-electron chi connectivity index (χ2n) is 6.04. The van der Waals surface area contributed by atoms with Crippen molar-refractivity contribution < 1.29 is 28.7 Å². The first kappa shape index (κ1) is 19.5. The summed E-state index contributed by atoms with van der Waals surface area (Å²) in [6.07, 6.45) is 2.31. The second kappa shape index (κ2) is 8.50. The van der Waals surface area contributed by atoms with Gasteiger partial charge in [0.05, 0.1) is 43.9 Å². The van der Waals surface area contributed by atoms with Crippen LogP contribution >= 0.6 is 0 Å². The van der Waals surface area contributed by atoms with Crippen LogP contribution in [0.25, 0.3) is 0 Å². The van der Waals surface area contributed by atoms with Gasteiger partial charge < -0.3 is 19.5 Å². The van der Waals surface area contributed by atoms with Gasteiger partial charge in [-0.05, 0) is 25.7 Å². The number of carbonyl (C=O) groups excluding carboxylic acids is 2. The van der Waals surface area contributed by atoms with Crippen LogP contribution < -0.4 is 14.8 Å². The van der Waals surface area contributed by atoms with E-state index in [0.29, 0.717) is 31.4 Å². The number of anilines is 1. The average Bonchev–Trinajstić information content (AvgIpc) is 2.66. The van der Waals surface area contributed by atoms with E-state index in [0.717, 1.165) is 0 Å². The summed E-state index contributed by atoms with van der Waals surface area (Å²) in [4.78, 5) is 34.6. The third-order valence-corrected chi connectivity index (χ3v) is 4.59. The van der Waals surface area contributed by atoms with Gasteiger partial charge in [-0.25, -0.2) is 0 Å². The lowest BCUT2D eigenvalue weighted by Crippen LogP contribution is -2.30. The number of esters is 1. The van der Waals surface area contributed by atoms with Crippen molar-refractivity contribution in [3.63, 3.8) is 0 Å². The van der Waals surface area contributed by atoms with Crippen molar-refractivity contribution in [3.05, 3.63) is 22.2 Å². The minimum absolute atomic E-state index is 0.0282. The summed E-state index contributed by atoms with van der Waals surface area (Å²) in [5, 5.41) is 13.8. The molecule has 9 heteroatoms. The van der Waals surface area contributed by atoms with Gasteiger partial charge in [0.2, 0.25) is 5.91 Å². The maximum atomic E-state index is 12.5. The fraction of sp³-hybridized carbons (Fsp3) is 0.529. The predicted molar refractivity (Wildman–Crippen MR) is 92.3 cm³/mol. The van der Waals surface area contributed by atoms with Crippen molar-refractivity contribution >= 4 is 23.3 Å². The summed E-state index contributed by atoms with van der Waals surface area (Å²) in [7, 11) is 4.03. The van der Waals surface area contributed by atoms with E-state index in [9.17, 15) is 19.7 Å². The molecule has 2 rings (SSSR count). The number of nitrogens with one attached hydrogen (secondary N) is 1. The Bertz CT molecular complexity index is 697. The third kappa shape index (κ3) is 4.22. The van der Waals surface area contributed by atoms with Crippen LogP contribution in [0.2, 0.25) is 0 Å². The zero-order valence-electron chi connectivity index (χ0n) is 14.9. The average molecular weight is 366 g/mol. The molecule has 1 amide bonds. The minimum Gasteiger partial charge on any atom is -0.494 e. The maximum Gasteiger partial charge on any atom is 0.314 e. The Hall–Kier alpha value is -2.84. The van der Waals surface area contributed by atoms with Gasteiger partial charge in [0, 0.05) is 12.0 Å². The number of nitro benzene ring substituents is 1. The molecule has 0 saturated heterocycles. The molecule has 0 aromatic heterocycles. The second-order valence-corrected chi connectivity index (χ2v) is 6.04. The van der Waals surface area contributed by atoms with E-state index in [1.807, 2.05) is 0 Å². The number of ether oxygens (including phenoxy) is 3. The van der Waals surface area contributed by atoms with Gasteiger partial charge in [-0.3, -0.25) is 19.7 Å². The van der Waals surface area contributed by atoms with Crippen LogP contribution in [-0.2, 0) is 14.3 Å². The molecular weight excluding hydrogens is 344 g/mol. The summed E-state index contributed by atoms with van der Waals surface area (Å²) in [5.74, 6) is -0.678. The number of rotatable bonds is 6. The van der Waals surface area contributed by atoms with Crippen molar-refractivity contribution in [2.45, 2.75) is 25.7 Å². The number of nitro groups is 1. The van der Waals surface area contributed by atoms with Crippen LogP contribution in [0.3, 0.4) is 0 Å². The number of nitrogens with zero attached hydrogens (tertiary/aromatic N) is 1. The zero-order chi connectivity index (χ0) is 19.3. The molecule has 0 atom stereocenters. The Labute approximate surface area is 150 Å². The lowest BCUT2D eigenvalue weighted by Gasteiger charge is -2.26. The highest BCUT2D eigenvalue weighted by molar-refractivity contribution is 5.94. The molecular formula is C17H22N2O7. The first-order chi connectivity index (χ1) is 12.4. The molecule has 1 fully saturated rings. The molecule has 0 heterocycles. The zero-order valence-corrected chi connectivity index (χ0v) is 14.9. The molecule has 26 heavy (non-hydrogen) atoms. The van der Waals surface area contributed by atoms with Gasteiger partial charge >= 0.3 is 11.7 Å². The van der Waals surface area contributed by atoms with Gasteiger partial charge in [0.15, 0.2) is 5.75 Å². The number of benzene rings is 1. The van der Waals surface area contributed by atoms with Gasteiger partial charge in [-0.2, -0.15) is 0 Å². The highest BCUT2D eigenvalue weighted by atomic mass is 16.6. The van der Waals surface area contributed by atoms with Crippen LogP contribution in [0.15, 0.2) is 12.1 Å². The summed E-state index contributed by atoms with van der Waals surface area (Å²) >= 11 is 0. The highest BCUT2D eigenvalue weighted by Crippen LogP contribution is 2.38. The van der Waals surface area contributed by atoms with Gasteiger partial charge in [-0.15, -0.1) is 0 Å². The normalized spacial score (nSPS) is 19.3. The molecule has 9 nitrogen and oxygen atoms in total. The van der Waals surface area contributed by atoms with Gasteiger partial charge in [-0.1, -0.05) is 0 Å². The van der Waals surface area contributed by atoms with Gasteiger partial charge in [0.1, 0.15) is 5.75 Å². The molecule has 1 aliphatic carbocycles. The first-order valence-electron chi connectivity index (χ1n) is 8.20. The van der Waals surface area contributed by atoms with Crippen molar-refractivity contribution in [2.75, 3.05) is 26.6 Å². The Morgan fingerprint density at radius 1 is 1.04 bits per heavy atom. The highest BCUT2D eigenvalue weighted by Gasteiger charge is 2.31. The van der Waals surface area contributed by atoms with Crippen molar-refractivity contribution in [1.82, 2.24) is 0 Å². The quantitative estimate of drug-likeness (QED) is 0.467. The lowest BCUT2D eigenvalue weighted by atomic mass is 9.81. The van der Waals surface area contributed by atoms with Crippen LogP contribution in [0.4, 0.5) is 11.4 Å². The standard InChI is InChI=1S/C17H22N2O7/c1-24-14-9-13(19(22)23)15(25-2)8-12(14)18-16(20)10-4-6-11(7-5-10)17(21)26-3/h8-11H,4-7H2,1-3H3,(H,18,20). The Morgan fingerprint density at radius 3 is 2.12 bits per heavy atom. The van der Waals surface area contributed by atoms with Crippen molar-refractivity contribution in [2.24, 2.45) is 11.8 Å². The number of hydrogen-bond acceptors (Lipinski definition) is 7. The van der Waals surface area contributed by atoms with Crippen LogP contribution in [-0.4, -0.2) is 38.1 Å². The van der Waals surface area contributed by atoms with Crippen molar-refractivity contribution in [3.8, 4) is 11.5 Å². The molecule has 1 N–H and O–H groups in total. The minimum atomic E-state index is -0.582. The SMILES string of the molecule is COC(=O)C1CCC(C(=O)Nc2cc(OC)c([N+](=O)[O-])cc2OC)CC1. The van der Waals surface area contributed by atoms with E-state index in [1.165, 1.54) is 33.5 Å². The first-order valence-corrected chi connectivity index (χ1v) is 8.20. The number of carbonyl (C=O) groups is 2. The number of hydrogen-bond donors (Lipinski definition) is 1. The van der Waals surface area contributed by atoms with E-state index in [4.69, 9.17) is 14.2 Å². The Kier molecular flexibility index (Phi) is 6.37. The largest absolute Gasteiger partial charge is 0.494 e. The van der Waals surface area contributed by atoms with Crippen LogP contribution in [0.5, 0.6) is 11.5 Å². The molecule has 0 aliphatic heterocycles. The topological polar surface area (TPSA) is 117 Å². The predicted octanol–water partition coefficient (Wildman–Crippen LogP) is 2.53. The fourth-order valence-electron chi connectivity index (χ4n) is 3.11. The molecule has 1 aromatic rings. The van der Waals surface area contributed by atoms with Crippen molar-refractivity contribution in [1.29, 1.82) is 0 Å². The molecule has 0 unspecified atom stereocenters. The molecule has 0 bridgehead atoms. The maximum absolute atomic E-state index is 12.5. The van der Waals surface area contributed by atoms with Gasteiger partial charge in [0.25, 0.3) is 0 Å². The Balaban J connectivity index is 2.11. The Morgan fingerprint density at radius 2 is 1.62 bits per heavy atom. The van der Waals surface area contributed by atoms with E-state index in [1.54, 1.807) is 0 Å². The monoisotopic (exact) mass is 366 g/mol. The third-order valence-electron chi connectivity index (χ3n) is 4.59. The smallest absolute Gasteiger partial charge is 0.314 e. The summed E-state index contributed by atoms with van der Waals surface area (Å²) in [6, 6.07) is 2.58. The van der Waals surface area contributed by atoms with E-state index in [2.05, 4.69) is 5.32 Å². The molecule has 0 spiro atoms. The molecule has 1 aliphatic rings. The summed E-state index contributed by atoms with van der Waals surface area (Å²) < 4.78 is 14.9. The van der Waals surface area contributed by atoms with E-state index < -0.39 is 4.92 Å². The molecule has 1 aromatic carbocycles. The molecule has 0 radical (unpaired) electrons.